The lowest BCUT2D eigenvalue weighted by atomic mass is 10.0. The van der Waals surface area contributed by atoms with Crippen LogP contribution < -0.4 is 5.73 Å². The van der Waals surface area contributed by atoms with Crippen molar-refractivity contribution in [2.24, 2.45) is 7.05 Å². The molecule has 0 saturated carbocycles. The molecule has 0 radical (unpaired) electrons. The van der Waals surface area contributed by atoms with Crippen molar-refractivity contribution >= 4 is 5.82 Å². The summed E-state index contributed by atoms with van der Waals surface area (Å²) in [5, 5.41) is 4.57. The molecular weight excluding hydrogens is 260 g/mol. The molecule has 3 rings (SSSR count). The number of hydrogen-bond acceptors (Lipinski definition) is 3. The standard InChI is InChI=1S/C17H18N4/c1-11-4-6-13(7-5-11)15-16(20-21(3)17(15)18)14-8-12(2)9-19-10-14/h4-10H,18H2,1-3H3. The summed E-state index contributed by atoms with van der Waals surface area (Å²) in [6.07, 6.45) is 3.66. The van der Waals surface area contributed by atoms with Crippen LogP contribution in [0.15, 0.2) is 42.7 Å². The lowest BCUT2D eigenvalue weighted by Gasteiger charge is -2.05. The number of benzene rings is 1. The van der Waals surface area contributed by atoms with Crippen LogP contribution in [0.1, 0.15) is 11.1 Å². The molecule has 2 N–H and O–H groups in total. The molecule has 0 amide bonds. The van der Waals surface area contributed by atoms with Gasteiger partial charge in [-0.05, 0) is 31.0 Å². The summed E-state index contributed by atoms with van der Waals surface area (Å²) in [4.78, 5) is 4.26. The smallest absolute Gasteiger partial charge is 0.129 e. The zero-order chi connectivity index (χ0) is 15.0. The van der Waals surface area contributed by atoms with Gasteiger partial charge in [-0.2, -0.15) is 5.10 Å². The minimum absolute atomic E-state index is 0.662. The van der Waals surface area contributed by atoms with Gasteiger partial charge in [0.1, 0.15) is 11.5 Å². The number of aryl methyl sites for hydroxylation is 3. The van der Waals surface area contributed by atoms with Crippen molar-refractivity contribution in [3.05, 3.63) is 53.9 Å². The number of nitrogen functional groups attached to an aromatic ring is 1. The van der Waals surface area contributed by atoms with Crippen LogP contribution >= 0.6 is 0 Å². The maximum absolute atomic E-state index is 6.23. The van der Waals surface area contributed by atoms with E-state index in [9.17, 15) is 0 Å². The lowest BCUT2D eigenvalue weighted by molar-refractivity contribution is 0.782. The highest BCUT2D eigenvalue weighted by Crippen LogP contribution is 2.35. The molecule has 0 saturated heterocycles. The summed E-state index contributed by atoms with van der Waals surface area (Å²) < 4.78 is 1.72. The number of hydrogen-bond donors (Lipinski definition) is 1. The summed E-state index contributed by atoms with van der Waals surface area (Å²) in [5.74, 6) is 0.662. The zero-order valence-electron chi connectivity index (χ0n) is 12.5. The van der Waals surface area contributed by atoms with Crippen LogP contribution in [0.4, 0.5) is 5.82 Å². The van der Waals surface area contributed by atoms with Gasteiger partial charge < -0.3 is 5.73 Å². The highest BCUT2D eigenvalue weighted by atomic mass is 15.3. The first-order chi connectivity index (χ1) is 10.1. The number of nitrogens with zero attached hydrogens (tertiary/aromatic N) is 3. The summed E-state index contributed by atoms with van der Waals surface area (Å²) in [5.41, 5.74) is 12.4. The van der Waals surface area contributed by atoms with Gasteiger partial charge in [-0.1, -0.05) is 29.8 Å². The van der Waals surface area contributed by atoms with E-state index in [-0.39, 0.29) is 0 Å². The lowest BCUT2D eigenvalue weighted by Crippen LogP contribution is -1.97. The van der Waals surface area contributed by atoms with E-state index in [1.165, 1.54) is 5.56 Å². The van der Waals surface area contributed by atoms with Gasteiger partial charge in [-0.25, -0.2) is 0 Å². The predicted molar refractivity (Wildman–Crippen MR) is 85.8 cm³/mol. The maximum Gasteiger partial charge on any atom is 0.129 e. The first kappa shape index (κ1) is 13.4. The first-order valence-corrected chi connectivity index (χ1v) is 6.88. The van der Waals surface area contributed by atoms with Gasteiger partial charge in [0, 0.05) is 25.0 Å². The van der Waals surface area contributed by atoms with Gasteiger partial charge in [0.05, 0.1) is 5.56 Å². The fourth-order valence-electron chi connectivity index (χ4n) is 2.43. The average molecular weight is 278 g/mol. The summed E-state index contributed by atoms with van der Waals surface area (Å²) in [6.45, 7) is 4.09. The van der Waals surface area contributed by atoms with Crippen LogP contribution in [0, 0.1) is 13.8 Å². The molecule has 0 aliphatic rings. The normalized spacial score (nSPS) is 10.8. The fourth-order valence-corrected chi connectivity index (χ4v) is 2.43. The van der Waals surface area contributed by atoms with Gasteiger partial charge in [-0.3, -0.25) is 9.67 Å². The Labute approximate surface area is 124 Å². The molecule has 0 atom stereocenters. The number of anilines is 1. The third kappa shape index (κ3) is 2.40. The van der Waals surface area contributed by atoms with Gasteiger partial charge in [0.15, 0.2) is 0 Å². The minimum atomic E-state index is 0.662. The molecule has 1 aromatic carbocycles. The summed E-state index contributed by atoms with van der Waals surface area (Å²) in [7, 11) is 1.86. The quantitative estimate of drug-likeness (QED) is 0.782. The molecule has 0 fully saturated rings. The Morgan fingerprint density at radius 1 is 0.952 bits per heavy atom. The van der Waals surface area contributed by atoms with Crippen molar-refractivity contribution < 1.29 is 0 Å². The molecule has 2 aromatic heterocycles. The fraction of sp³-hybridized carbons (Fsp3) is 0.176. The van der Waals surface area contributed by atoms with Crippen molar-refractivity contribution in [1.29, 1.82) is 0 Å². The molecule has 4 heteroatoms. The third-order valence-corrected chi connectivity index (χ3v) is 3.58. The monoisotopic (exact) mass is 278 g/mol. The van der Waals surface area contributed by atoms with E-state index >= 15 is 0 Å². The molecule has 0 spiro atoms. The van der Waals surface area contributed by atoms with E-state index in [0.29, 0.717) is 5.82 Å². The van der Waals surface area contributed by atoms with E-state index < -0.39 is 0 Å². The molecule has 21 heavy (non-hydrogen) atoms. The van der Waals surface area contributed by atoms with Crippen molar-refractivity contribution in [3.8, 4) is 22.4 Å². The van der Waals surface area contributed by atoms with Crippen LogP contribution in [0.2, 0.25) is 0 Å². The highest BCUT2D eigenvalue weighted by Gasteiger charge is 2.17. The first-order valence-electron chi connectivity index (χ1n) is 6.88. The van der Waals surface area contributed by atoms with Crippen molar-refractivity contribution in [3.63, 3.8) is 0 Å². The Balaban J connectivity index is 2.23. The van der Waals surface area contributed by atoms with E-state index in [2.05, 4.69) is 47.3 Å². The molecule has 106 valence electrons. The van der Waals surface area contributed by atoms with Gasteiger partial charge >= 0.3 is 0 Å². The van der Waals surface area contributed by atoms with E-state index in [1.807, 2.05) is 26.4 Å². The van der Waals surface area contributed by atoms with E-state index in [0.717, 1.165) is 27.9 Å². The SMILES string of the molecule is Cc1ccc(-c2c(-c3cncc(C)c3)nn(C)c2N)cc1. The molecule has 0 bridgehead atoms. The molecule has 0 aliphatic heterocycles. The van der Waals surface area contributed by atoms with Crippen LogP contribution in [-0.4, -0.2) is 14.8 Å². The number of rotatable bonds is 2. The van der Waals surface area contributed by atoms with Crippen LogP contribution in [-0.2, 0) is 7.05 Å². The van der Waals surface area contributed by atoms with Crippen molar-refractivity contribution in [1.82, 2.24) is 14.8 Å². The Hall–Kier alpha value is -2.62. The molecule has 4 nitrogen and oxygen atoms in total. The van der Waals surface area contributed by atoms with Crippen LogP contribution in [0.3, 0.4) is 0 Å². The number of nitrogens with two attached hydrogens (primary N) is 1. The molecular formula is C17H18N4. The second-order valence-electron chi connectivity index (χ2n) is 5.35. The molecule has 0 unspecified atom stereocenters. The highest BCUT2D eigenvalue weighted by molar-refractivity contribution is 5.88. The van der Waals surface area contributed by atoms with E-state index in [1.54, 1.807) is 4.68 Å². The van der Waals surface area contributed by atoms with Crippen molar-refractivity contribution in [2.45, 2.75) is 13.8 Å². The van der Waals surface area contributed by atoms with Crippen LogP contribution in [0.25, 0.3) is 22.4 Å². The Morgan fingerprint density at radius 2 is 1.67 bits per heavy atom. The summed E-state index contributed by atoms with van der Waals surface area (Å²) >= 11 is 0. The molecule has 2 heterocycles. The van der Waals surface area contributed by atoms with Crippen LogP contribution in [0.5, 0.6) is 0 Å². The number of aromatic nitrogens is 3. The molecule has 3 aromatic rings. The second-order valence-corrected chi connectivity index (χ2v) is 5.35. The Bertz CT molecular complexity index is 785. The Kier molecular flexibility index (Phi) is 3.22. The maximum atomic E-state index is 6.23. The average Bonchev–Trinajstić information content (AvgIpc) is 2.76. The second kappa shape index (κ2) is 5.05. The topological polar surface area (TPSA) is 56.7 Å². The van der Waals surface area contributed by atoms with E-state index in [4.69, 9.17) is 5.73 Å². The predicted octanol–water partition coefficient (Wildman–Crippen LogP) is 3.35. The largest absolute Gasteiger partial charge is 0.383 e. The minimum Gasteiger partial charge on any atom is -0.383 e. The van der Waals surface area contributed by atoms with Gasteiger partial charge in [-0.15, -0.1) is 0 Å². The van der Waals surface area contributed by atoms with Crippen molar-refractivity contribution in [2.75, 3.05) is 5.73 Å². The molecule has 0 aliphatic carbocycles. The third-order valence-electron chi connectivity index (χ3n) is 3.58. The zero-order valence-corrected chi connectivity index (χ0v) is 12.5. The number of pyridine rings is 1. The Morgan fingerprint density at radius 3 is 2.33 bits per heavy atom. The van der Waals surface area contributed by atoms with Gasteiger partial charge in [0.2, 0.25) is 0 Å². The van der Waals surface area contributed by atoms with Gasteiger partial charge in [0.25, 0.3) is 0 Å². The summed E-state index contributed by atoms with van der Waals surface area (Å²) in [6, 6.07) is 10.4.